The molecule has 1 atom stereocenters. The lowest BCUT2D eigenvalue weighted by atomic mass is 9.98. The summed E-state index contributed by atoms with van der Waals surface area (Å²) in [6.07, 6.45) is 0.937. The van der Waals surface area contributed by atoms with Crippen LogP contribution < -0.4 is 16.0 Å². The van der Waals surface area contributed by atoms with E-state index in [-0.39, 0.29) is 11.9 Å². The maximum Gasteiger partial charge on any atom is 0.216 e. The molecular formula is C13H19N3O. The van der Waals surface area contributed by atoms with Gasteiger partial charge >= 0.3 is 0 Å². The molecule has 1 aliphatic heterocycles. The summed E-state index contributed by atoms with van der Waals surface area (Å²) in [5.41, 5.74) is 8.59. The zero-order valence-electron chi connectivity index (χ0n) is 10.1. The lowest BCUT2D eigenvalue weighted by Gasteiger charge is -2.34. The van der Waals surface area contributed by atoms with E-state index in [9.17, 15) is 4.79 Å². The average Bonchev–Trinajstić information content (AvgIpc) is 2.28. The molecule has 4 heteroatoms. The fourth-order valence-corrected chi connectivity index (χ4v) is 2.30. The highest BCUT2D eigenvalue weighted by molar-refractivity contribution is 5.72. The summed E-state index contributed by atoms with van der Waals surface area (Å²) < 4.78 is 0. The van der Waals surface area contributed by atoms with Crippen molar-refractivity contribution in [2.75, 3.05) is 24.5 Å². The number of rotatable bonds is 3. The second kappa shape index (κ2) is 5.19. The predicted molar refractivity (Wildman–Crippen MR) is 69.0 cm³/mol. The second-order valence-electron chi connectivity index (χ2n) is 4.52. The number of nitrogens with zero attached hydrogens (tertiary/aromatic N) is 1. The number of fused-ring (bicyclic) bond motifs is 1. The number of anilines is 1. The molecule has 4 nitrogen and oxygen atoms in total. The number of para-hydroxylation sites is 1. The van der Waals surface area contributed by atoms with E-state index in [0.717, 1.165) is 19.5 Å². The Labute approximate surface area is 102 Å². The van der Waals surface area contributed by atoms with Crippen LogP contribution in [0.5, 0.6) is 0 Å². The summed E-state index contributed by atoms with van der Waals surface area (Å²) in [6.45, 7) is 3.87. The Balaban J connectivity index is 2.05. The third-order valence-electron chi connectivity index (χ3n) is 3.02. The van der Waals surface area contributed by atoms with Gasteiger partial charge in [0.05, 0.1) is 0 Å². The number of carbonyl (C=O) groups excluding carboxylic acids is 1. The third-order valence-corrected chi connectivity index (χ3v) is 3.02. The molecular weight excluding hydrogens is 214 g/mol. The molecule has 2 rings (SSSR count). The molecule has 0 aromatic heterocycles. The number of hydrogen-bond donors (Lipinski definition) is 2. The van der Waals surface area contributed by atoms with Gasteiger partial charge in [0.15, 0.2) is 0 Å². The van der Waals surface area contributed by atoms with Crippen LogP contribution in [0.1, 0.15) is 12.5 Å². The summed E-state index contributed by atoms with van der Waals surface area (Å²) in [4.78, 5) is 13.1. The lowest BCUT2D eigenvalue weighted by Crippen LogP contribution is -2.46. The van der Waals surface area contributed by atoms with Crippen molar-refractivity contribution < 1.29 is 4.79 Å². The molecule has 3 N–H and O–H groups in total. The molecule has 1 aromatic carbocycles. The van der Waals surface area contributed by atoms with Crippen molar-refractivity contribution in [2.24, 2.45) is 5.73 Å². The van der Waals surface area contributed by atoms with Crippen LogP contribution >= 0.6 is 0 Å². The normalized spacial score (nSPS) is 18.7. The molecule has 0 saturated carbocycles. The maximum atomic E-state index is 10.8. The fourth-order valence-electron chi connectivity index (χ4n) is 2.30. The van der Waals surface area contributed by atoms with Crippen molar-refractivity contribution in [1.82, 2.24) is 5.32 Å². The summed E-state index contributed by atoms with van der Waals surface area (Å²) in [7, 11) is 0. The zero-order valence-corrected chi connectivity index (χ0v) is 10.1. The molecule has 1 amide bonds. The van der Waals surface area contributed by atoms with Gasteiger partial charge in [-0.15, -0.1) is 0 Å². The molecule has 1 aromatic rings. The predicted octanol–water partition coefficient (Wildman–Crippen LogP) is 0.513. The standard InChI is InChI=1S/C13H19N3O/c1-10(17)15-6-7-16-9-12(14)8-11-4-2-3-5-13(11)16/h2-5,12H,6-9,14H2,1H3,(H,15,17). The molecule has 17 heavy (non-hydrogen) atoms. The second-order valence-corrected chi connectivity index (χ2v) is 4.52. The van der Waals surface area contributed by atoms with Gasteiger partial charge in [-0.25, -0.2) is 0 Å². The third kappa shape index (κ3) is 2.97. The van der Waals surface area contributed by atoms with Gasteiger partial charge in [-0.3, -0.25) is 4.79 Å². The van der Waals surface area contributed by atoms with Crippen molar-refractivity contribution in [3.05, 3.63) is 29.8 Å². The first-order valence-corrected chi connectivity index (χ1v) is 5.99. The molecule has 0 radical (unpaired) electrons. The van der Waals surface area contributed by atoms with E-state index in [4.69, 9.17) is 5.73 Å². The fraction of sp³-hybridized carbons (Fsp3) is 0.462. The molecule has 0 aliphatic carbocycles. The highest BCUT2D eigenvalue weighted by Gasteiger charge is 2.20. The molecule has 92 valence electrons. The molecule has 0 spiro atoms. The number of hydrogen-bond acceptors (Lipinski definition) is 3. The van der Waals surface area contributed by atoms with Gasteiger partial charge in [0.2, 0.25) is 5.91 Å². The first-order valence-electron chi connectivity index (χ1n) is 5.99. The van der Waals surface area contributed by atoms with Gasteiger partial charge in [0, 0.05) is 38.3 Å². The topological polar surface area (TPSA) is 58.4 Å². The maximum absolute atomic E-state index is 10.8. The van der Waals surface area contributed by atoms with Crippen molar-refractivity contribution in [1.29, 1.82) is 0 Å². The minimum Gasteiger partial charge on any atom is -0.368 e. The molecule has 1 heterocycles. The van der Waals surface area contributed by atoms with Crippen LogP contribution in [0.3, 0.4) is 0 Å². The lowest BCUT2D eigenvalue weighted by molar-refractivity contribution is -0.118. The Bertz CT molecular complexity index is 405. The highest BCUT2D eigenvalue weighted by Crippen LogP contribution is 2.25. The Hall–Kier alpha value is -1.55. The highest BCUT2D eigenvalue weighted by atomic mass is 16.1. The van der Waals surface area contributed by atoms with Gasteiger partial charge < -0.3 is 16.0 Å². The summed E-state index contributed by atoms with van der Waals surface area (Å²) in [5.74, 6) is 0.0135. The van der Waals surface area contributed by atoms with Gasteiger partial charge in [0.1, 0.15) is 0 Å². The summed E-state index contributed by atoms with van der Waals surface area (Å²) in [6, 6.07) is 8.51. The molecule has 0 saturated heterocycles. The van der Waals surface area contributed by atoms with Crippen molar-refractivity contribution in [2.45, 2.75) is 19.4 Å². The first-order chi connectivity index (χ1) is 8.16. The van der Waals surface area contributed by atoms with Gasteiger partial charge in [0.25, 0.3) is 0 Å². The quantitative estimate of drug-likeness (QED) is 0.800. The van der Waals surface area contributed by atoms with E-state index < -0.39 is 0 Å². The SMILES string of the molecule is CC(=O)NCCN1CC(N)Cc2ccccc21. The number of carbonyl (C=O) groups is 1. The average molecular weight is 233 g/mol. The van der Waals surface area contributed by atoms with Crippen LogP contribution in [0.15, 0.2) is 24.3 Å². The van der Waals surface area contributed by atoms with E-state index in [0.29, 0.717) is 6.54 Å². The van der Waals surface area contributed by atoms with Crippen molar-refractivity contribution in [3.8, 4) is 0 Å². The number of benzene rings is 1. The van der Waals surface area contributed by atoms with Crippen LogP contribution in [-0.2, 0) is 11.2 Å². The molecule has 1 unspecified atom stereocenters. The summed E-state index contributed by atoms with van der Waals surface area (Å²) >= 11 is 0. The van der Waals surface area contributed by atoms with Crippen molar-refractivity contribution in [3.63, 3.8) is 0 Å². The van der Waals surface area contributed by atoms with E-state index in [2.05, 4.69) is 22.3 Å². The van der Waals surface area contributed by atoms with Crippen LogP contribution in [0.2, 0.25) is 0 Å². The molecule has 0 fully saturated rings. The van der Waals surface area contributed by atoms with E-state index in [1.807, 2.05) is 12.1 Å². The Morgan fingerprint density at radius 3 is 3.06 bits per heavy atom. The molecule has 0 bridgehead atoms. The van der Waals surface area contributed by atoms with Crippen LogP contribution in [0.4, 0.5) is 5.69 Å². The minimum absolute atomic E-state index is 0.0135. The van der Waals surface area contributed by atoms with E-state index in [1.165, 1.54) is 18.2 Å². The zero-order chi connectivity index (χ0) is 12.3. The van der Waals surface area contributed by atoms with Crippen LogP contribution in [0.25, 0.3) is 0 Å². The van der Waals surface area contributed by atoms with Gasteiger partial charge in [-0.1, -0.05) is 18.2 Å². The van der Waals surface area contributed by atoms with Gasteiger partial charge in [-0.2, -0.15) is 0 Å². The Morgan fingerprint density at radius 1 is 1.53 bits per heavy atom. The Kier molecular flexibility index (Phi) is 3.64. The van der Waals surface area contributed by atoms with Crippen molar-refractivity contribution >= 4 is 11.6 Å². The van der Waals surface area contributed by atoms with E-state index in [1.54, 1.807) is 0 Å². The summed E-state index contributed by atoms with van der Waals surface area (Å²) in [5, 5.41) is 2.82. The number of amides is 1. The monoisotopic (exact) mass is 233 g/mol. The Morgan fingerprint density at radius 2 is 2.29 bits per heavy atom. The first kappa shape index (κ1) is 11.9. The van der Waals surface area contributed by atoms with Crippen LogP contribution in [-0.4, -0.2) is 31.6 Å². The largest absolute Gasteiger partial charge is 0.368 e. The minimum atomic E-state index is 0.0135. The molecule has 1 aliphatic rings. The smallest absolute Gasteiger partial charge is 0.216 e. The van der Waals surface area contributed by atoms with Crippen LogP contribution in [0, 0.1) is 0 Å². The van der Waals surface area contributed by atoms with E-state index >= 15 is 0 Å². The number of nitrogens with two attached hydrogens (primary N) is 1. The van der Waals surface area contributed by atoms with Gasteiger partial charge in [-0.05, 0) is 18.1 Å². The number of nitrogens with one attached hydrogen (secondary N) is 1.